The molecule has 4 rings (SSSR count). The van der Waals surface area contributed by atoms with Gasteiger partial charge in [-0.15, -0.1) is 0 Å². The van der Waals surface area contributed by atoms with Gasteiger partial charge in [-0.1, -0.05) is 27.4 Å². The van der Waals surface area contributed by atoms with Gasteiger partial charge in [-0.25, -0.2) is 0 Å². The molecule has 1 unspecified atom stereocenters. The minimum absolute atomic E-state index is 0.00747. The van der Waals surface area contributed by atoms with Crippen molar-refractivity contribution in [1.82, 2.24) is 0 Å². The molecule has 5 nitrogen and oxygen atoms in total. The van der Waals surface area contributed by atoms with Crippen molar-refractivity contribution in [3.05, 3.63) is 12.2 Å². The summed E-state index contributed by atoms with van der Waals surface area (Å²) < 4.78 is 5.70. The third-order valence-corrected chi connectivity index (χ3v) is 8.69. The second-order valence-electron chi connectivity index (χ2n) is 10.0. The van der Waals surface area contributed by atoms with Gasteiger partial charge in [0.25, 0.3) is 0 Å². The maximum absolute atomic E-state index is 13.5. The summed E-state index contributed by atoms with van der Waals surface area (Å²) in [5.41, 5.74) is -1.38. The van der Waals surface area contributed by atoms with E-state index in [1.165, 1.54) is 6.92 Å². The van der Waals surface area contributed by atoms with Gasteiger partial charge in [0.1, 0.15) is 11.9 Å². The lowest BCUT2D eigenvalue weighted by atomic mass is 9.39. The highest BCUT2D eigenvalue weighted by Gasteiger charge is 2.75. The van der Waals surface area contributed by atoms with Crippen molar-refractivity contribution in [1.29, 1.82) is 0 Å². The molecule has 0 aromatic rings. The van der Waals surface area contributed by atoms with Gasteiger partial charge >= 0.3 is 5.97 Å². The van der Waals surface area contributed by atoms with Crippen LogP contribution in [-0.4, -0.2) is 34.9 Å². The average Bonchev–Trinajstić information content (AvgIpc) is 2.70. The minimum Gasteiger partial charge on any atom is -0.461 e. The molecule has 1 N–H and O–H groups in total. The van der Waals surface area contributed by atoms with Crippen LogP contribution in [-0.2, 0) is 19.1 Å². The van der Waals surface area contributed by atoms with Crippen molar-refractivity contribution < 1.29 is 24.2 Å². The van der Waals surface area contributed by atoms with E-state index in [9.17, 15) is 19.5 Å². The molecule has 0 aromatic carbocycles. The number of aliphatic hydroxyl groups excluding tert-OH is 1. The zero-order valence-corrected chi connectivity index (χ0v) is 16.7. The van der Waals surface area contributed by atoms with Crippen molar-refractivity contribution in [2.24, 2.45) is 34.0 Å². The molecule has 1 spiro atoms. The summed E-state index contributed by atoms with van der Waals surface area (Å²) in [5.74, 6) is -0.619. The van der Waals surface area contributed by atoms with Crippen LogP contribution in [0.3, 0.4) is 0 Å². The minimum atomic E-state index is -1.10. The number of fused-ring (bicyclic) bond motifs is 3. The molecule has 4 aliphatic carbocycles. The highest BCUT2D eigenvalue weighted by atomic mass is 16.5. The summed E-state index contributed by atoms with van der Waals surface area (Å²) in [7, 11) is 0. The maximum Gasteiger partial charge on any atom is 0.302 e. The molecular formula is C22H30O5. The molecule has 0 radical (unpaired) electrons. The van der Waals surface area contributed by atoms with Crippen LogP contribution < -0.4 is 0 Å². The second-order valence-corrected chi connectivity index (χ2v) is 10.0. The van der Waals surface area contributed by atoms with Crippen molar-refractivity contribution >= 4 is 17.5 Å². The lowest BCUT2D eigenvalue weighted by Crippen LogP contribution is -2.68. The van der Waals surface area contributed by atoms with Crippen LogP contribution in [0.15, 0.2) is 12.2 Å². The first kappa shape index (κ1) is 18.9. The molecule has 0 aliphatic heterocycles. The molecule has 4 saturated carbocycles. The number of aliphatic hydroxyl groups is 1. The molecule has 0 aromatic heterocycles. The maximum atomic E-state index is 13.5. The Hall–Kier alpha value is -1.49. The highest BCUT2D eigenvalue weighted by molar-refractivity contribution is 6.05. The first-order valence-corrected chi connectivity index (χ1v) is 10.1. The molecule has 27 heavy (non-hydrogen) atoms. The summed E-state index contributed by atoms with van der Waals surface area (Å²) in [6.45, 7) is 11.5. The normalized spacial score (nSPS) is 48.0. The zero-order chi connectivity index (χ0) is 19.9. The van der Waals surface area contributed by atoms with E-state index >= 15 is 0 Å². The van der Waals surface area contributed by atoms with Crippen molar-refractivity contribution in [3.63, 3.8) is 0 Å². The Morgan fingerprint density at radius 2 is 1.85 bits per heavy atom. The second kappa shape index (κ2) is 5.53. The number of hydrogen-bond donors (Lipinski definition) is 1. The fraction of sp³-hybridized carbons (Fsp3) is 0.773. The van der Waals surface area contributed by atoms with Crippen molar-refractivity contribution in [2.45, 2.75) is 72.0 Å². The molecule has 148 valence electrons. The van der Waals surface area contributed by atoms with E-state index in [0.717, 1.165) is 19.3 Å². The molecule has 5 heteroatoms. The molecule has 0 saturated heterocycles. The number of hydrogen-bond acceptors (Lipinski definition) is 5. The zero-order valence-electron chi connectivity index (χ0n) is 16.7. The Balaban J connectivity index is 1.88. The Kier molecular flexibility index (Phi) is 3.86. The van der Waals surface area contributed by atoms with Crippen molar-refractivity contribution in [3.8, 4) is 0 Å². The van der Waals surface area contributed by atoms with Crippen LogP contribution in [0.25, 0.3) is 0 Å². The monoisotopic (exact) mass is 374 g/mol. The third-order valence-electron chi connectivity index (χ3n) is 8.69. The Bertz CT molecular complexity index is 752. The predicted octanol–water partition coefficient (Wildman–Crippen LogP) is 2.85. The quantitative estimate of drug-likeness (QED) is 0.564. The Morgan fingerprint density at radius 3 is 2.48 bits per heavy atom. The summed E-state index contributed by atoms with van der Waals surface area (Å²) in [6, 6.07) is 0. The van der Waals surface area contributed by atoms with Gasteiger partial charge in [-0.3, -0.25) is 14.4 Å². The number of ether oxygens (including phenoxy) is 1. The van der Waals surface area contributed by atoms with E-state index in [2.05, 4.69) is 13.5 Å². The smallest absolute Gasteiger partial charge is 0.302 e. The lowest BCUT2D eigenvalue weighted by molar-refractivity contribution is -0.229. The number of carbonyl (C=O) groups excluding carboxylic acids is 3. The van der Waals surface area contributed by atoms with Crippen LogP contribution in [0.2, 0.25) is 0 Å². The summed E-state index contributed by atoms with van der Waals surface area (Å²) in [4.78, 5) is 37.9. The van der Waals surface area contributed by atoms with E-state index < -0.39 is 29.0 Å². The van der Waals surface area contributed by atoms with Crippen LogP contribution in [0, 0.1) is 34.0 Å². The van der Waals surface area contributed by atoms with Gasteiger partial charge in [-0.05, 0) is 48.5 Å². The van der Waals surface area contributed by atoms with Gasteiger partial charge in [0.15, 0.2) is 5.78 Å². The first-order chi connectivity index (χ1) is 12.5. The third kappa shape index (κ3) is 2.07. The van der Waals surface area contributed by atoms with E-state index in [0.29, 0.717) is 18.4 Å². The van der Waals surface area contributed by atoms with Gasteiger partial charge in [-0.2, -0.15) is 0 Å². The SMILES string of the molecule is C=C1C(=O)[C@]23C(OC(C)=O)[C@H]1CC[C@H]2[C@]1(C)CCC(=O)C(C)(C)[C@H]1C[C@H]3O. The highest BCUT2D eigenvalue weighted by Crippen LogP contribution is 2.71. The number of esters is 1. The molecule has 4 fully saturated rings. The summed E-state index contributed by atoms with van der Waals surface area (Å²) in [5, 5.41) is 11.4. The molecule has 4 aliphatic rings. The number of carbonyl (C=O) groups is 3. The van der Waals surface area contributed by atoms with E-state index in [4.69, 9.17) is 4.74 Å². The van der Waals surface area contributed by atoms with Crippen molar-refractivity contribution in [2.75, 3.05) is 0 Å². The largest absolute Gasteiger partial charge is 0.461 e. The lowest BCUT2D eigenvalue weighted by Gasteiger charge is -2.64. The van der Waals surface area contributed by atoms with Crippen LogP contribution in [0.1, 0.15) is 59.8 Å². The molecule has 7 atom stereocenters. The van der Waals surface area contributed by atoms with Crippen LogP contribution in [0.4, 0.5) is 0 Å². The van der Waals surface area contributed by atoms with Gasteiger partial charge < -0.3 is 9.84 Å². The number of Topliss-reactive ketones (excluding diaryl/α,β-unsaturated/α-hetero) is 2. The Labute approximate surface area is 160 Å². The standard InChI is InChI=1S/C22H30O5/c1-11-13-6-7-14-21(5)9-8-16(24)20(3,4)15(21)10-17(25)22(14,18(11)26)19(13)27-12(2)23/h13-15,17,19,25H,1,6-10H2,2-5H3/t13-,14-,15+,17+,19?,21-,22-/m0/s1. The van der Waals surface area contributed by atoms with E-state index in [1.807, 2.05) is 13.8 Å². The van der Waals surface area contributed by atoms with Gasteiger partial charge in [0, 0.05) is 24.7 Å². The predicted molar refractivity (Wildman–Crippen MR) is 98.6 cm³/mol. The summed E-state index contributed by atoms with van der Waals surface area (Å²) >= 11 is 0. The van der Waals surface area contributed by atoms with E-state index in [-0.39, 0.29) is 34.7 Å². The van der Waals surface area contributed by atoms with Gasteiger partial charge in [0.05, 0.1) is 11.5 Å². The Morgan fingerprint density at radius 1 is 1.19 bits per heavy atom. The van der Waals surface area contributed by atoms with E-state index in [1.54, 1.807) is 0 Å². The first-order valence-electron chi connectivity index (χ1n) is 10.1. The number of rotatable bonds is 1. The average molecular weight is 374 g/mol. The topological polar surface area (TPSA) is 80.7 Å². The summed E-state index contributed by atoms with van der Waals surface area (Å²) in [6.07, 6.45) is 1.57. The molecule has 2 bridgehead atoms. The number of ketones is 2. The fourth-order valence-corrected chi connectivity index (χ4v) is 7.46. The fourth-order valence-electron chi connectivity index (χ4n) is 7.46. The molecular weight excluding hydrogens is 344 g/mol. The molecule has 0 amide bonds. The van der Waals surface area contributed by atoms with Crippen LogP contribution in [0.5, 0.6) is 0 Å². The van der Waals surface area contributed by atoms with Gasteiger partial charge in [0.2, 0.25) is 0 Å². The van der Waals surface area contributed by atoms with Crippen LogP contribution >= 0.6 is 0 Å². The molecule has 0 heterocycles.